The van der Waals surface area contributed by atoms with E-state index in [-0.39, 0.29) is 60.5 Å². The van der Waals surface area contributed by atoms with Crippen LogP contribution in [0.4, 0.5) is 0 Å². The van der Waals surface area contributed by atoms with Gasteiger partial charge in [0.2, 0.25) is 0 Å². The van der Waals surface area contributed by atoms with Gasteiger partial charge in [0.1, 0.15) is 47.1 Å². The smallest absolute Gasteiger partial charge is 0.181 e. The summed E-state index contributed by atoms with van der Waals surface area (Å²) in [6, 6.07) is 30.5. The van der Waals surface area contributed by atoms with Gasteiger partial charge in [-0.15, -0.1) is 16.4 Å². The number of furan rings is 1. The molecule has 0 aliphatic carbocycles. The lowest BCUT2D eigenvalue weighted by atomic mass is 9.61. The van der Waals surface area contributed by atoms with Crippen LogP contribution in [0.2, 0.25) is 0 Å². The Kier molecular flexibility index (Phi) is 6.94. The number of phenols is 4. The Labute approximate surface area is 320 Å². The summed E-state index contributed by atoms with van der Waals surface area (Å²) in [6.07, 6.45) is 0. The molecule has 0 fully saturated rings. The third-order valence-electron chi connectivity index (χ3n) is 10.8. The molecule has 10 aromatic rings. The van der Waals surface area contributed by atoms with Crippen LogP contribution in [0.15, 0.2) is 101 Å². The number of phenolic OH excluding ortho intramolecular Hbond substituents is 4. The lowest BCUT2D eigenvalue weighted by Gasteiger charge is -2.23. The van der Waals surface area contributed by atoms with Gasteiger partial charge in [-0.05, 0) is 47.5 Å². The van der Waals surface area contributed by atoms with Crippen molar-refractivity contribution in [1.29, 1.82) is 0 Å². The number of fused-ring (bicyclic) bond motifs is 9. The molecule has 7 aromatic carbocycles. The van der Waals surface area contributed by atoms with Gasteiger partial charge in [0, 0.05) is 50.4 Å². The summed E-state index contributed by atoms with van der Waals surface area (Å²) >= 11 is 0. The topological polar surface area (TPSA) is 104 Å². The molecule has 3 heterocycles. The van der Waals surface area contributed by atoms with Crippen LogP contribution in [0.3, 0.4) is 0 Å². The Bertz CT molecular complexity index is 3320. The SMILES string of the molecule is [B]c1c([B])c([B])c(-n2c3ccccc3c3cc(-c4ccc5c(c4)c4ccccc4n5-c4cc(O)c5oc6c(O)cc(O)c(O)c6c5c4[B])ccc32)c([B])c1[B]. The molecule has 0 bridgehead atoms. The standard InChI is InChI=1S/C42H20B6N2O5/c43-33-27(15-29(52)41-31(33)32-40(54)28(51)16-30(53)42(32)55-41)49-23-7-3-1-5-19(23)21-13-17(9-11-25(21)49)18-10-12-26-22(14-18)20-6-2-4-8-24(20)50(26)39-37(47)35(45)34(44)36(46)38(39)48/h1-16,51-54H. The van der Waals surface area contributed by atoms with Crippen molar-refractivity contribution in [3.05, 3.63) is 97.1 Å². The predicted octanol–water partition coefficient (Wildman–Crippen LogP) is 3.03. The molecule has 3 aromatic heterocycles. The van der Waals surface area contributed by atoms with Crippen molar-refractivity contribution in [3.63, 3.8) is 0 Å². The van der Waals surface area contributed by atoms with Crippen LogP contribution in [-0.4, -0.2) is 76.6 Å². The van der Waals surface area contributed by atoms with Gasteiger partial charge in [-0.2, -0.15) is 0 Å². The van der Waals surface area contributed by atoms with E-state index >= 15 is 0 Å². The Morgan fingerprint density at radius 1 is 0.418 bits per heavy atom. The summed E-state index contributed by atoms with van der Waals surface area (Å²) in [7, 11) is 38.7. The van der Waals surface area contributed by atoms with Gasteiger partial charge >= 0.3 is 0 Å². The number of hydrogen-bond acceptors (Lipinski definition) is 5. The minimum Gasteiger partial charge on any atom is -0.504 e. The number of hydrogen-bond donors (Lipinski definition) is 4. The Morgan fingerprint density at radius 2 is 0.891 bits per heavy atom. The molecule has 7 nitrogen and oxygen atoms in total. The second kappa shape index (κ2) is 11.5. The van der Waals surface area contributed by atoms with E-state index in [0.717, 1.165) is 60.8 Å². The number of aromatic nitrogens is 2. The first-order chi connectivity index (χ1) is 26.5. The largest absolute Gasteiger partial charge is 0.504 e. The van der Waals surface area contributed by atoms with Crippen LogP contribution in [0, 0.1) is 0 Å². The number of para-hydroxylation sites is 2. The molecule has 0 amide bonds. The molecule has 0 aliphatic rings. The van der Waals surface area contributed by atoms with Crippen LogP contribution in [-0.2, 0) is 0 Å². The molecule has 0 saturated carbocycles. The third kappa shape index (κ3) is 4.41. The second-order valence-electron chi connectivity index (χ2n) is 13.7. The first-order valence-electron chi connectivity index (χ1n) is 17.2. The molecule has 13 heteroatoms. The van der Waals surface area contributed by atoms with Gasteiger partial charge in [0.25, 0.3) is 0 Å². The highest BCUT2D eigenvalue weighted by Gasteiger charge is 2.25. The number of nitrogens with zero attached hydrogens (tertiary/aromatic N) is 2. The fourth-order valence-corrected chi connectivity index (χ4v) is 8.13. The average molecular weight is 698 g/mol. The quantitative estimate of drug-likeness (QED) is 0.129. The number of aromatic hydroxyl groups is 4. The first-order valence-corrected chi connectivity index (χ1v) is 17.2. The lowest BCUT2D eigenvalue weighted by molar-refractivity contribution is 0.400. The van der Waals surface area contributed by atoms with Gasteiger partial charge in [0.15, 0.2) is 34.2 Å². The van der Waals surface area contributed by atoms with Crippen molar-refractivity contribution in [1.82, 2.24) is 9.13 Å². The van der Waals surface area contributed by atoms with Crippen molar-refractivity contribution in [2.24, 2.45) is 0 Å². The van der Waals surface area contributed by atoms with E-state index in [9.17, 15) is 20.4 Å². The lowest BCUT2D eigenvalue weighted by Crippen LogP contribution is -2.56. The van der Waals surface area contributed by atoms with Crippen molar-refractivity contribution in [2.45, 2.75) is 0 Å². The molecule has 4 N–H and O–H groups in total. The molecule has 0 aliphatic heterocycles. The molecule has 246 valence electrons. The minimum absolute atomic E-state index is 0.0179. The summed E-state index contributed by atoms with van der Waals surface area (Å²) in [5, 5.41) is 46.8. The second-order valence-corrected chi connectivity index (χ2v) is 13.7. The molecule has 55 heavy (non-hydrogen) atoms. The summed E-state index contributed by atoms with van der Waals surface area (Å²) < 4.78 is 9.65. The summed E-state index contributed by atoms with van der Waals surface area (Å²) in [5.74, 6) is -1.77. The Morgan fingerprint density at radius 3 is 1.49 bits per heavy atom. The van der Waals surface area contributed by atoms with Gasteiger partial charge in [-0.1, -0.05) is 64.9 Å². The Hall–Kier alpha value is -6.47. The fourth-order valence-electron chi connectivity index (χ4n) is 8.13. The zero-order valence-electron chi connectivity index (χ0n) is 28.8. The molecule has 10 rings (SSSR count). The fraction of sp³-hybridized carbons (Fsp3) is 0. The predicted molar refractivity (Wildman–Crippen MR) is 227 cm³/mol. The maximum Gasteiger partial charge on any atom is 0.181 e. The van der Waals surface area contributed by atoms with Crippen molar-refractivity contribution in [3.8, 4) is 45.5 Å². The van der Waals surface area contributed by atoms with Crippen LogP contribution >= 0.6 is 0 Å². The normalized spacial score (nSPS) is 12.0. The van der Waals surface area contributed by atoms with E-state index in [2.05, 4.69) is 12.1 Å². The molecule has 0 spiro atoms. The van der Waals surface area contributed by atoms with E-state index < -0.39 is 17.2 Å². The Balaban J connectivity index is 1.20. The molecular formula is C42H20B6N2O5. The van der Waals surface area contributed by atoms with Crippen LogP contribution < -0.4 is 32.8 Å². The van der Waals surface area contributed by atoms with Crippen molar-refractivity contribution in [2.75, 3.05) is 0 Å². The average Bonchev–Trinajstić information content (AvgIpc) is 3.86. The van der Waals surface area contributed by atoms with Gasteiger partial charge in [0.05, 0.1) is 27.5 Å². The van der Waals surface area contributed by atoms with Crippen molar-refractivity contribution >= 4 is 145 Å². The van der Waals surface area contributed by atoms with E-state index in [1.165, 1.54) is 6.07 Å². The van der Waals surface area contributed by atoms with Crippen LogP contribution in [0.5, 0.6) is 23.0 Å². The molecule has 0 unspecified atom stereocenters. The molecular weight excluding hydrogens is 677 g/mol. The molecule has 12 radical (unpaired) electrons. The summed E-state index contributed by atoms with van der Waals surface area (Å²) in [5.41, 5.74) is 7.02. The van der Waals surface area contributed by atoms with E-state index in [4.69, 9.17) is 51.5 Å². The van der Waals surface area contributed by atoms with E-state index in [1.54, 1.807) is 0 Å². The molecule has 0 atom stereocenters. The van der Waals surface area contributed by atoms with E-state index in [0.29, 0.717) is 11.4 Å². The highest BCUT2D eigenvalue weighted by atomic mass is 16.4. The zero-order chi connectivity index (χ0) is 38.2. The maximum absolute atomic E-state index is 11.2. The zero-order valence-corrected chi connectivity index (χ0v) is 28.8. The van der Waals surface area contributed by atoms with E-state index in [1.807, 2.05) is 81.9 Å². The van der Waals surface area contributed by atoms with Gasteiger partial charge < -0.3 is 34.0 Å². The van der Waals surface area contributed by atoms with Crippen molar-refractivity contribution < 1.29 is 24.8 Å². The van der Waals surface area contributed by atoms with Gasteiger partial charge in [-0.3, -0.25) is 0 Å². The first kappa shape index (κ1) is 33.1. The number of rotatable bonds is 3. The number of benzene rings is 7. The van der Waals surface area contributed by atoms with Crippen LogP contribution in [0.25, 0.3) is 88.1 Å². The van der Waals surface area contributed by atoms with Gasteiger partial charge in [-0.25, -0.2) is 0 Å². The van der Waals surface area contributed by atoms with Crippen LogP contribution in [0.1, 0.15) is 0 Å². The highest BCUT2D eigenvalue weighted by molar-refractivity contribution is 6.68. The molecule has 0 saturated heterocycles. The summed E-state index contributed by atoms with van der Waals surface area (Å²) in [6.45, 7) is 0. The highest BCUT2D eigenvalue weighted by Crippen LogP contribution is 2.47. The maximum atomic E-state index is 11.2. The minimum atomic E-state index is -0.558. The summed E-state index contributed by atoms with van der Waals surface area (Å²) in [4.78, 5) is 0. The monoisotopic (exact) mass is 698 g/mol. The third-order valence-corrected chi connectivity index (χ3v) is 10.8.